The number of hydrazine groups is 1. The minimum Gasteiger partial charge on any atom is -0.316 e. The van der Waals surface area contributed by atoms with Crippen molar-refractivity contribution >= 4 is 0 Å². The molecule has 0 aromatic rings. The lowest BCUT2D eigenvalue weighted by Crippen LogP contribution is -2.59. The summed E-state index contributed by atoms with van der Waals surface area (Å²) in [5, 5.41) is 16.6. The van der Waals surface area contributed by atoms with Crippen molar-refractivity contribution < 1.29 is 0 Å². The van der Waals surface area contributed by atoms with Crippen LogP contribution < -0.4 is 21.5 Å². The second-order valence-electron chi connectivity index (χ2n) is 10.5. The Balaban J connectivity index is 1.26. The first-order valence-corrected chi connectivity index (χ1v) is 12.2. The van der Waals surface area contributed by atoms with Gasteiger partial charge in [0, 0.05) is 31.1 Å². The van der Waals surface area contributed by atoms with Crippen LogP contribution in [0.2, 0.25) is 0 Å². The molecule has 5 aliphatic rings. The van der Waals surface area contributed by atoms with Crippen molar-refractivity contribution in [3.05, 3.63) is 0 Å². The van der Waals surface area contributed by atoms with Gasteiger partial charge in [-0.1, -0.05) is 0 Å². The molecule has 3 saturated heterocycles. The maximum absolute atomic E-state index is 9.03. The van der Waals surface area contributed by atoms with Gasteiger partial charge in [-0.15, -0.1) is 0 Å². The Hall–Kier alpha value is -0.670. The zero-order valence-corrected chi connectivity index (χ0v) is 17.3. The molecule has 0 bridgehead atoms. The zero-order chi connectivity index (χ0) is 18.9. The first-order valence-electron chi connectivity index (χ1n) is 12.2. The number of hydrogen-bond donors (Lipinski definition) is 4. The molecule has 7 atom stereocenters. The van der Waals surface area contributed by atoms with E-state index in [-0.39, 0.29) is 0 Å². The maximum Gasteiger partial charge on any atom is 0.0624 e. The molecule has 2 saturated carbocycles. The molecular weight excluding hydrogens is 346 g/mol. The summed E-state index contributed by atoms with van der Waals surface area (Å²) in [6.07, 6.45) is 13.0. The van der Waals surface area contributed by atoms with E-state index in [9.17, 15) is 0 Å². The van der Waals surface area contributed by atoms with E-state index in [2.05, 4.69) is 27.6 Å². The largest absolute Gasteiger partial charge is 0.316 e. The highest BCUT2D eigenvalue weighted by atomic mass is 15.4. The lowest BCUT2D eigenvalue weighted by Gasteiger charge is -2.49. The fraction of sp³-hybridized carbons (Fsp3) is 0.957. The number of hydrogen-bond acceptors (Lipinski definition) is 5. The standard InChI is InChI=1S/C23H39N5/c24-10-9-15-3-5-16(6-4-15)23-22-19-12-17(18-2-1-11-25-13-18)7-8-20(19)26-14-21(22)27-28-23/h15-23,25-28H,1-9,11-14H2. The topological polar surface area (TPSA) is 71.9 Å². The molecule has 5 fully saturated rings. The van der Waals surface area contributed by atoms with Gasteiger partial charge in [-0.2, -0.15) is 5.26 Å². The van der Waals surface area contributed by atoms with Gasteiger partial charge in [0.1, 0.15) is 0 Å². The second kappa shape index (κ2) is 8.60. The van der Waals surface area contributed by atoms with Crippen LogP contribution in [0.25, 0.3) is 0 Å². The van der Waals surface area contributed by atoms with Crippen LogP contribution in [0.1, 0.15) is 64.2 Å². The van der Waals surface area contributed by atoms with Crippen molar-refractivity contribution in [1.82, 2.24) is 21.5 Å². The molecule has 5 heteroatoms. The highest BCUT2D eigenvalue weighted by Gasteiger charge is 2.51. The monoisotopic (exact) mass is 385 g/mol. The Bertz CT molecular complexity index is 560. The van der Waals surface area contributed by atoms with E-state index in [1.54, 1.807) is 0 Å². The molecule has 156 valence electrons. The third-order valence-corrected chi connectivity index (χ3v) is 9.13. The molecule has 7 unspecified atom stereocenters. The SMILES string of the molecule is N#CCC1CCC(C2NNC3CNC4CCC(C5CCCNC5)CC4C32)CC1. The van der Waals surface area contributed by atoms with Crippen LogP contribution in [0.5, 0.6) is 0 Å². The Labute approximate surface area is 170 Å². The number of piperidine rings is 2. The van der Waals surface area contributed by atoms with Crippen molar-refractivity contribution in [2.75, 3.05) is 19.6 Å². The summed E-state index contributed by atoms with van der Waals surface area (Å²) >= 11 is 0. The van der Waals surface area contributed by atoms with E-state index < -0.39 is 0 Å². The Kier molecular flexibility index (Phi) is 5.93. The van der Waals surface area contributed by atoms with Gasteiger partial charge in [0.05, 0.1) is 6.07 Å². The molecule has 5 rings (SSSR count). The molecular formula is C23H39N5. The lowest BCUT2D eigenvalue weighted by molar-refractivity contribution is 0.0499. The van der Waals surface area contributed by atoms with Crippen LogP contribution in [-0.2, 0) is 0 Å². The minimum atomic E-state index is 0.603. The first kappa shape index (κ1) is 19.3. The number of nitrogens with one attached hydrogen (secondary N) is 4. The highest BCUT2D eigenvalue weighted by Crippen LogP contribution is 2.46. The quantitative estimate of drug-likeness (QED) is 0.601. The van der Waals surface area contributed by atoms with Gasteiger partial charge in [-0.05, 0) is 106 Å². The highest BCUT2D eigenvalue weighted by molar-refractivity contribution is 5.07. The van der Waals surface area contributed by atoms with Crippen LogP contribution in [0.15, 0.2) is 0 Å². The number of nitrogens with zero attached hydrogens (tertiary/aromatic N) is 1. The van der Waals surface area contributed by atoms with Gasteiger partial charge in [0.2, 0.25) is 0 Å². The van der Waals surface area contributed by atoms with Crippen molar-refractivity contribution in [2.24, 2.45) is 35.5 Å². The summed E-state index contributed by atoms with van der Waals surface area (Å²) in [7, 11) is 0. The summed E-state index contributed by atoms with van der Waals surface area (Å²) in [5.74, 6) is 4.93. The van der Waals surface area contributed by atoms with Gasteiger partial charge < -0.3 is 10.6 Å². The van der Waals surface area contributed by atoms with Crippen LogP contribution >= 0.6 is 0 Å². The van der Waals surface area contributed by atoms with Crippen LogP contribution in [-0.4, -0.2) is 37.8 Å². The van der Waals surface area contributed by atoms with Crippen molar-refractivity contribution in [2.45, 2.75) is 82.3 Å². The molecule has 5 nitrogen and oxygen atoms in total. The molecule has 0 radical (unpaired) electrons. The van der Waals surface area contributed by atoms with Gasteiger partial charge in [-0.3, -0.25) is 10.9 Å². The fourth-order valence-corrected chi connectivity index (χ4v) is 7.62. The molecule has 0 amide bonds. The van der Waals surface area contributed by atoms with Gasteiger partial charge >= 0.3 is 0 Å². The Morgan fingerprint density at radius 3 is 2.46 bits per heavy atom. The van der Waals surface area contributed by atoms with Gasteiger partial charge in [0.15, 0.2) is 0 Å². The first-order chi connectivity index (χ1) is 13.8. The Morgan fingerprint density at radius 1 is 0.821 bits per heavy atom. The number of nitriles is 1. The predicted molar refractivity (Wildman–Crippen MR) is 111 cm³/mol. The third-order valence-electron chi connectivity index (χ3n) is 9.13. The van der Waals surface area contributed by atoms with E-state index in [1.165, 1.54) is 70.9 Å². The van der Waals surface area contributed by atoms with E-state index in [4.69, 9.17) is 5.26 Å². The van der Waals surface area contributed by atoms with Gasteiger partial charge in [-0.25, -0.2) is 0 Å². The zero-order valence-electron chi connectivity index (χ0n) is 17.3. The minimum absolute atomic E-state index is 0.603. The normalized spacial score (nSPS) is 49.0. The summed E-state index contributed by atoms with van der Waals surface area (Å²) in [6, 6.07) is 4.39. The van der Waals surface area contributed by atoms with Crippen LogP contribution in [0.3, 0.4) is 0 Å². The van der Waals surface area contributed by atoms with Crippen molar-refractivity contribution in [3.8, 4) is 6.07 Å². The molecule has 0 aromatic carbocycles. The average Bonchev–Trinajstić information content (AvgIpc) is 3.19. The van der Waals surface area contributed by atoms with E-state index in [0.29, 0.717) is 18.0 Å². The Morgan fingerprint density at radius 2 is 1.68 bits per heavy atom. The van der Waals surface area contributed by atoms with Crippen molar-refractivity contribution in [1.29, 1.82) is 5.26 Å². The molecule has 0 spiro atoms. The van der Waals surface area contributed by atoms with Crippen LogP contribution in [0, 0.1) is 46.8 Å². The molecule has 2 aliphatic carbocycles. The van der Waals surface area contributed by atoms with E-state index in [1.807, 2.05) is 0 Å². The lowest BCUT2D eigenvalue weighted by atomic mass is 9.61. The summed E-state index contributed by atoms with van der Waals surface area (Å²) in [5.41, 5.74) is 7.47. The fourth-order valence-electron chi connectivity index (χ4n) is 7.62. The van der Waals surface area contributed by atoms with Gasteiger partial charge in [0.25, 0.3) is 0 Å². The third kappa shape index (κ3) is 3.74. The summed E-state index contributed by atoms with van der Waals surface area (Å²) in [4.78, 5) is 0. The average molecular weight is 386 g/mol. The molecule has 3 aliphatic heterocycles. The van der Waals surface area contributed by atoms with Crippen LogP contribution in [0.4, 0.5) is 0 Å². The number of fused-ring (bicyclic) bond motifs is 3. The maximum atomic E-state index is 9.03. The predicted octanol–water partition coefficient (Wildman–Crippen LogP) is 2.56. The second-order valence-corrected chi connectivity index (χ2v) is 10.5. The number of rotatable bonds is 3. The summed E-state index contributed by atoms with van der Waals surface area (Å²) in [6.45, 7) is 3.62. The molecule has 3 heterocycles. The van der Waals surface area contributed by atoms with E-state index in [0.717, 1.165) is 48.6 Å². The molecule has 28 heavy (non-hydrogen) atoms. The molecule has 4 N–H and O–H groups in total. The van der Waals surface area contributed by atoms with Crippen molar-refractivity contribution in [3.63, 3.8) is 0 Å². The summed E-state index contributed by atoms with van der Waals surface area (Å²) < 4.78 is 0. The smallest absolute Gasteiger partial charge is 0.0624 e. The molecule has 0 aromatic heterocycles. The van der Waals surface area contributed by atoms with E-state index >= 15 is 0 Å².